The van der Waals surface area contributed by atoms with Crippen LogP contribution in [0, 0.1) is 0 Å². The number of aromatic nitrogens is 2. The number of fused-ring (bicyclic) bond motifs is 1. The number of hydrogen-bond acceptors (Lipinski definition) is 3. The summed E-state index contributed by atoms with van der Waals surface area (Å²) in [6.07, 6.45) is 5.47. The van der Waals surface area contributed by atoms with Gasteiger partial charge >= 0.3 is 0 Å². The van der Waals surface area contributed by atoms with Crippen molar-refractivity contribution in [2.45, 2.75) is 26.0 Å². The van der Waals surface area contributed by atoms with Crippen LogP contribution in [-0.4, -0.2) is 14.7 Å². The molecule has 98 valence electrons. The van der Waals surface area contributed by atoms with Gasteiger partial charge in [-0.1, -0.05) is 25.1 Å². The molecule has 1 atom stereocenters. The molecule has 0 aliphatic heterocycles. The molecule has 0 bridgehead atoms. The van der Waals surface area contributed by atoms with E-state index in [2.05, 4.69) is 11.9 Å². The molecular weight excluding hydrogens is 240 g/mol. The minimum Gasteiger partial charge on any atom is -0.464 e. The zero-order chi connectivity index (χ0) is 13.2. The molecule has 3 rings (SSSR count). The van der Waals surface area contributed by atoms with E-state index >= 15 is 0 Å². The third kappa shape index (κ3) is 2.04. The van der Waals surface area contributed by atoms with Gasteiger partial charge in [-0.15, -0.1) is 0 Å². The standard InChI is InChI=1S/C15H16N2O2/c1-2-8-17-9-7-16-15(17)14(18)12-10-19-13-6-4-3-5-11(12)13/h3-7,9-10,14,18H,2,8H2,1H3. The van der Waals surface area contributed by atoms with Gasteiger partial charge in [0.05, 0.1) is 6.26 Å². The summed E-state index contributed by atoms with van der Waals surface area (Å²) in [5.41, 5.74) is 1.55. The molecular formula is C15H16N2O2. The van der Waals surface area contributed by atoms with E-state index in [1.807, 2.05) is 35.0 Å². The summed E-state index contributed by atoms with van der Waals surface area (Å²) >= 11 is 0. The topological polar surface area (TPSA) is 51.2 Å². The maximum Gasteiger partial charge on any atom is 0.142 e. The SMILES string of the molecule is CCCn1ccnc1C(O)c1coc2ccccc12. The van der Waals surface area contributed by atoms with Crippen LogP contribution in [0.1, 0.15) is 30.8 Å². The maximum atomic E-state index is 10.5. The summed E-state index contributed by atoms with van der Waals surface area (Å²) in [5, 5.41) is 11.5. The van der Waals surface area contributed by atoms with Crippen LogP contribution in [0.25, 0.3) is 11.0 Å². The number of aliphatic hydroxyl groups excluding tert-OH is 1. The highest BCUT2D eigenvalue weighted by Gasteiger charge is 2.20. The summed E-state index contributed by atoms with van der Waals surface area (Å²) in [6.45, 7) is 2.95. The number of furan rings is 1. The molecule has 2 aromatic heterocycles. The Morgan fingerprint density at radius 2 is 2.21 bits per heavy atom. The molecule has 0 aliphatic rings. The predicted molar refractivity (Wildman–Crippen MR) is 72.8 cm³/mol. The zero-order valence-corrected chi connectivity index (χ0v) is 10.8. The highest BCUT2D eigenvalue weighted by atomic mass is 16.3. The molecule has 0 aliphatic carbocycles. The van der Waals surface area contributed by atoms with Crippen molar-refractivity contribution in [2.75, 3.05) is 0 Å². The Hall–Kier alpha value is -2.07. The predicted octanol–water partition coefficient (Wildman–Crippen LogP) is 3.12. The number of hydrogen-bond donors (Lipinski definition) is 1. The van der Waals surface area contributed by atoms with Gasteiger partial charge in [0.2, 0.25) is 0 Å². The largest absolute Gasteiger partial charge is 0.464 e. The Bertz CT molecular complexity index is 684. The van der Waals surface area contributed by atoms with Crippen LogP contribution >= 0.6 is 0 Å². The van der Waals surface area contributed by atoms with Crippen LogP contribution in [0.3, 0.4) is 0 Å². The summed E-state index contributed by atoms with van der Waals surface area (Å²) in [6, 6.07) is 7.70. The molecule has 4 heteroatoms. The minimum atomic E-state index is -0.759. The van der Waals surface area contributed by atoms with Gasteiger partial charge < -0.3 is 14.1 Å². The zero-order valence-electron chi connectivity index (χ0n) is 10.8. The Morgan fingerprint density at radius 1 is 1.37 bits per heavy atom. The average molecular weight is 256 g/mol. The second kappa shape index (κ2) is 4.90. The molecule has 1 aromatic carbocycles. The van der Waals surface area contributed by atoms with E-state index in [1.165, 1.54) is 0 Å². The van der Waals surface area contributed by atoms with Crippen LogP contribution in [0.5, 0.6) is 0 Å². The Kier molecular flexibility index (Phi) is 3.09. The van der Waals surface area contributed by atoms with Gasteiger partial charge in [-0.3, -0.25) is 0 Å². The number of benzene rings is 1. The Balaban J connectivity index is 2.03. The fourth-order valence-corrected chi connectivity index (χ4v) is 2.35. The number of para-hydroxylation sites is 1. The lowest BCUT2D eigenvalue weighted by molar-refractivity contribution is 0.204. The first-order valence-electron chi connectivity index (χ1n) is 6.46. The van der Waals surface area contributed by atoms with Gasteiger partial charge in [-0.2, -0.15) is 0 Å². The first-order chi connectivity index (χ1) is 9.31. The first kappa shape index (κ1) is 12.0. The molecule has 0 fully saturated rings. The van der Waals surface area contributed by atoms with Gasteiger partial charge in [-0.05, 0) is 12.5 Å². The van der Waals surface area contributed by atoms with E-state index in [1.54, 1.807) is 12.5 Å². The van der Waals surface area contributed by atoms with Crippen molar-refractivity contribution in [1.29, 1.82) is 0 Å². The molecule has 2 heterocycles. The third-order valence-electron chi connectivity index (χ3n) is 3.26. The Morgan fingerprint density at radius 3 is 3.05 bits per heavy atom. The lowest BCUT2D eigenvalue weighted by Crippen LogP contribution is -2.09. The van der Waals surface area contributed by atoms with E-state index in [0.29, 0.717) is 5.82 Å². The lowest BCUT2D eigenvalue weighted by Gasteiger charge is -2.11. The summed E-state index contributed by atoms with van der Waals surface area (Å²) in [4.78, 5) is 4.27. The van der Waals surface area contributed by atoms with E-state index in [9.17, 15) is 5.11 Å². The van der Waals surface area contributed by atoms with Crippen molar-refractivity contribution in [3.8, 4) is 0 Å². The number of imidazole rings is 1. The number of nitrogens with zero attached hydrogens (tertiary/aromatic N) is 2. The van der Waals surface area contributed by atoms with Crippen molar-refractivity contribution in [2.24, 2.45) is 0 Å². The average Bonchev–Trinajstić information content (AvgIpc) is 3.04. The van der Waals surface area contributed by atoms with Gasteiger partial charge in [0.25, 0.3) is 0 Å². The molecule has 0 spiro atoms. The van der Waals surface area contributed by atoms with Crippen molar-refractivity contribution >= 4 is 11.0 Å². The van der Waals surface area contributed by atoms with Crippen molar-refractivity contribution in [3.63, 3.8) is 0 Å². The van der Waals surface area contributed by atoms with Crippen molar-refractivity contribution in [1.82, 2.24) is 9.55 Å². The van der Waals surface area contributed by atoms with E-state index in [0.717, 1.165) is 29.5 Å². The van der Waals surface area contributed by atoms with Crippen LogP contribution in [0.15, 0.2) is 47.3 Å². The minimum absolute atomic E-state index is 0.661. The molecule has 1 N–H and O–H groups in total. The highest BCUT2D eigenvalue weighted by molar-refractivity contribution is 5.81. The van der Waals surface area contributed by atoms with Gasteiger partial charge in [0.15, 0.2) is 0 Å². The molecule has 0 radical (unpaired) electrons. The molecule has 0 amide bonds. The van der Waals surface area contributed by atoms with E-state index < -0.39 is 6.10 Å². The van der Waals surface area contributed by atoms with Crippen LogP contribution in [0.2, 0.25) is 0 Å². The van der Waals surface area contributed by atoms with Gasteiger partial charge in [0.1, 0.15) is 17.5 Å². The van der Waals surface area contributed by atoms with Crippen LogP contribution in [-0.2, 0) is 6.54 Å². The molecule has 0 saturated heterocycles. The molecule has 0 saturated carbocycles. The molecule has 4 nitrogen and oxygen atoms in total. The molecule has 1 unspecified atom stereocenters. The summed E-state index contributed by atoms with van der Waals surface area (Å²) in [5.74, 6) is 0.661. The van der Waals surface area contributed by atoms with Crippen LogP contribution < -0.4 is 0 Å². The fourth-order valence-electron chi connectivity index (χ4n) is 2.35. The van der Waals surface area contributed by atoms with Gasteiger partial charge in [-0.25, -0.2) is 4.98 Å². The van der Waals surface area contributed by atoms with Gasteiger partial charge in [0, 0.05) is 29.9 Å². The van der Waals surface area contributed by atoms with Crippen molar-refractivity contribution < 1.29 is 9.52 Å². The molecule has 19 heavy (non-hydrogen) atoms. The van der Waals surface area contributed by atoms with E-state index in [4.69, 9.17) is 4.42 Å². The Labute approximate surface area is 111 Å². The monoisotopic (exact) mass is 256 g/mol. The quantitative estimate of drug-likeness (QED) is 0.780. The second-order valence-electron chi connectivity index (χ2n) is 4.57. The normalized spacial score (nSPS) is 12.9. The van der Waals surface area contributed by atoms with Crippen LogP contribution in [0.4, 0.5) is 0 Å². The maximum absolute atomic E-state index is 10.5. The number of aliphatic hydroxyl groups is 1. The summed E-state index contributed by atoms with van der Waals surface area (Å²) in [7, 11) is 0. The lowest BCUT2D eigenvalue weighted by atomic mass is 10.1. The number of rotatable bonds is 4. The van der Waals surface area contributed by atoms with Crippen molar-refractivity contribution in [3.05, 3.63) is 54.3 Å². The summed E-state index contributed by atoms with van der Waals surface area (Å²) < 4.78 is 7.45. The molecule has 3 aromatic rings. The fraction of sp³-hybridized carbons (Fsp3) is 0.267. The first-order valence-corrected chi connectivity index (χ1v) is 6.46. The second-order valence-corrected chi connectivity index (χ2v) is 4.57. The highest BCUT2D eigenvalue weighted by Crippen LogP contribution is 2.29. The number of aryl methyl sites for hydroxylation is 1. The third-order valence-corrected chi connectivity index (χ3v) is 3.26. The smallest absolute Gasteiger partial charge is 0.142 e. The van der Waals surface area contributed by atoms with E-state index in [-0.39, 0.29) is 0 Å².